The molecule has 0 aliphatic heterocycles. The zero-order valence-electron chi connectivity index (χ0n) is 12.2. The molecule has 0 saturated heterocycles. The quantitative estimate of drug-likeness (QED) is 0.490. The SMILES string of the molecule is CCOC(CCNCC1(SC)CCCC1)OCC. The van der Waals surface area contributed by atoms with Gasteiger partial charge in [-0.2, -0.15) is 11.8 Å². The fourth-order valence-electron chi connectivity index (χ4n) is 2.60. The third kappa shape index (κ3) is 5.47. The van der Waals surface area contributed by atoms with E-state index in [1.54, 1.807) is 0 Å². The lowest BCUT2D eigenvalue weighted by molar-refractivity contribution is -0.138. The van der Waals surface area contributed by atoms with Crippen molar-refractivity contribution < 1.29 is 9.47 Å². The van der Waals surface area contributed by atoms with E-state index in [0.717, 1.165) is 32.7 Å². The second-order valence-corrected chi connectivity index (χ2v) is 6.17. The number of rotatable bonds is 10. The van der Waals surface area contributed by atoms with Crippen LogP contribution in [0.25, 0.3) is 0 Å². The first-order valence-corrected chi connectivity index (χ1v) is 8.48. The average molecular weight is 275 g/mol. The number of hydrogen-bond donors (Lipinski definition) is 1. The highest BCUT2D eigenvalue weighted by Gasteiger charge is 2.32. The average Bonchev–Trinajstić information content (AvgIpc) is 2.84. The monoisotopic (exact) mass is 275 g/mol. The molecule has 1 aliphatic rings. The Bertz CT molecular complexity index is 202. The zero-order valence-corrected chi connectivity index (χ0v) is 13.0. The lowest BCUT2D eigenvalue weighted by Gasteiger charge is -2.27. The van der Waals surface area contributed by atoms with E-state index in [1.807, 2.05) is 25.6 Å². The van der Waals surface area contributed by atoms with Crippen molar-refractivity contribution in [3.05, 3.63) is 0 Å². The molecule has 1 saturated carbocycles. The van der Waals surface area contributed by atoms with Crippen molar-refractivity contribution in [2.75, 3.05) is 32.6 Å². The molecule has 4 heteroatoms. The van der Waals surface area contributed by atoms with Gasteiger partial charge in [-0.1, -0.05) is 12.8 Å². The molecule has 1 aliphatic carbocycles. The maximum Gasteiger partial charge on any atom is 0.158 e. The number of thioether (sulfide) groups is 1. The van der Waals surface area contributed by atoms with Crippen LogP contribution in [0, 0.1) is 0 Å². The number of hydrogen-bond acceptors (Lipinski definition) is 4. The third-order valence-corrected chi connectivity index (χ3v) is 5.08. The van der Waals surface area contributed by atoms with Crippen LogP contribution in [-0.4, -0.2) is 43.6 Å². The molecule has 0 spiro atoms. The molecule has 0 aromatic carbocycles. The van der Waals surface area contributed by atoms with Crippen molar-refractivity contribution in [1.82, 2.24) is 5.32 Å². The van der Waals surface area contributed by atoms with Crippen molar-refractivity contribution in [1.29, 1.82) is 0 Å². The molecule has 0 bridgehead atoms. The highest BCUT2D eigenvalue weighted by Crippen LogP contribution is 2.39. The van der Waals surface area contributed by atoms with Crippen LogP contribution in [0.4, 0.5) is 0 Å². The predicted octanol–water partition coefficient (Wildman–Crippen LogP) is 3.04. The van der Waals surface area contributed by atoms with E-state index >= 15 is 0 Å². The van der Waals surface area contributed by atoms with Crippen molar-refractivity contribution in [2.45, 2.75) is 57.0 Å². The minimum absolute atomic E-state index is 0.0405. The van der Waals surface area contributed by atoms with E-state index < -0.39 is 0 Å². The van der Waals surface area contributed by atoms with Gasteiger partial charge in [0.1, 0.15) is 0 Å². The Balaban J connectivity index is 2.16. The van der Waals surface area contributed by atoms with Crippen LogP contribution in [0.1, 0.15) is 46.0 Å². The van der Waals surface area contributed by atoms with Gasteiger partial charge in [-0.05, 0) is 32.9 Å². The fraction of sp³-hybridized carbons (Fsp3) is 1.00. The first kappa shape index (κ1) is 16.3. The van der Waals surface area contributed by atoms with Gasteiger partial charge in [0.25, 0.3) is 0 Å². The molecule has 1 fully saturated rings. The zero-order chi connectivity index (χ0) is 13.3. The fourth-order valence-corrected chi connectivity index (χ4v) is 3.54. The molecular weight excluding hydrogens is 246 g/mol. The molecule has 0 atom stereocenters. The molecule has 0 aromatic heterocycles. The van der Waals surface area contributed by atoms with Crippen LogP contribution >= 0.6 is 11.8 Å². The van der Waals surface area contributed by atoms with Gasteiger partial charge < -0.3 is 14.8 Å². The summed E-state index contributed by atoms with van der Waals surface area (Å²) in [5.74, 6) is 0. The molecule has 1 N–H and O–H groups in total. The van der Waals surface area contributed by atoms with Gasteiger partial charge in [-0.3, -0.25) is 0 Å². The maximum atomic E-state index is 5.54. The van der Waals surface area contributed by atoms with Crippen LogP contribution in [0.15, 0.2) is 0 Å². The molecule has 18 heavy (non-hydrogen) atoms. The van der Waals surface area contributed by atoms with E-state index in [-0.39, 0.29) is 6.29 Å². The van der Waals surface area contributed by atoms with Gasteiger partial charge in [0.05, 0.1) is 0 Å². The first-order valence-electron chi connectivity index (χ1n) is 7.25. The first-order chi connectivity index (χ1) is 8.76. The Kier molecular flexibility index (Phi) is 8.31. The van der Waals surface area contributed by atoms with Crippen LogP contribution in [0.3, 0.4) is 0 Å². The Morgan fingerprint density at radius 3 is 2.28 bits per heavy atom. The molecule has 0 heterocycles. The van der Waals surface area contributed by atoms with E-state index in [9.17, 15) is 0 Å². The summed E-state index contributed by atoms with van der Waals surface area (Å²) in [6.45, 7) is 7.58. The molecule has 108 valence electrons. The van der Waals surface area contributed by atoms with E-state index in [0.29, 0.717) is 4.75 Å². The third-order valence-electron chi connectivity index (χ3n) is 3.66. The van der Waals surface area contributed by atoms with Gasteiger partial charge in [-0.25, -0.2) is 0 Å². The Morgan fingerprint density at radius 2 is 1.78 bits per heavy atom. The summed E-state index contributed by atoms with van der Waals surface area (Å²) in [5.41, 5.74) is 0. The van der Waals surface area contributed by atoms with Gasteiger partial charge in [0.15, 0.2) is 6.29 Å². The topological polar surface area (TPSA) is 30.5 Å². The summed E-state index contributed by atoms with van der Waals surface area (Å²) in [6, 6.07) is 0. The summed E-state index contributed by atoms with van der Waals surface area (Å²) in [5, 5.41) is 3.59. The second-order valence-electron chi connectivity index (χ2n) is 4.90. The van der Waals surface area contributed by atoms with E-state index in [1.165, 1.54) is 25.7 Å². The highest BCUT2D eigenvalue weighted by molar-refractivity contribution is 8.00. The maximum absolute atomic E-state index is 5.54. The Morgan fingerprint density at radius 1 is 1.17 bits per heavy atom. The van der Waals surface area contributed by atoms with Crippen LogP contribution in [0.2, 0.25) is 0 Å². The van der Waals surface area contributed by atoms with E-state index in [2.05, 4.69) is 11.6 Å². The Labute approximate surface area is 116 Å². The lowest BCUT2D eigenvalue weighted by Crippen LogP contribution is -2.36. The second kappa shape index (κ2) is 9.18. The summed E-state index contributed by atoms with van der Waals surface area (Å²) in [4.78, 5) is 0. The summed E-state index contributed by atoms with van der Waals surface area (Å²) in [7, 11) is 0. The summed E-state index contributed by atoms with van der Waals surface area (Å²) >= 11 is 2.03. The van der Waals surface area contributed by atoms with Gasteiger partial charge in [0, 0.05) is 37.5 Å². The van der Waals surface area contributed by atoms with Crippen LogP contribution in [0.5, 0.6) is 0 Å². The lowest BCUT2D eigenvalue weighted by atomic mass is 10.1. The van der Waals surface area contributed by atoms with Crippen molar-refractivity contribution in [3.8, 4) is 0 Å². The summed E-state index contributed by atoms with van der Waals surface area (Å²) < 4.78 is 11.6. The van der Waals surface area contributed by atoms with Gasteiger partial charge in [0.2, 0.25) is 0 Å². The van der Waals surface area contributed by atoms with Crippen molar-refractivity contribution in [2.24, 2.45) is 0 Å². The smallest absolute Gasteiger partial charge is 0.158 e. The molecule has 3 nitrogen and oxygen atoms in total. The number of nitrogens with one attached hydrogen (secondary N) is 1. The van der Waals surface area contributed by atoms with Gasteiger partial charge in [-0.15, -0.1) is 0 Å². The Hall–Kier alpha value is 0.230. The minimum Gasteiger partial charge on any atom is -0.353 e. The molecule has 0 unspecified atom stereocenters. The standard InChI is InChI=1S/C14H29NO2S/c1-4-16-13(17-5-2)8-11-15-12-14(18-3)9-6-7-10-14/h13,15H,4-12H2,1-3H3. The predicted molar refractivity (Wildman–Crippen MR) is 79.2 cm³/mol. The normalized spacial score (nSPS) is 18.7. The van der Waals surface area contributed by atoms with Crippen LogP contribution < -0.4 is 5.32 Å². The minimum atomic E-state index is -0.0405. The largest absolute Gasteiger partial charge is 0.353 e. The van der Waals surface area contributed by atoms with Crippen molar-refractivity contribution >= 4 is 11.8 Å². The molecular formula is C14H29NO2S. The molecule has 1 rings (SSSR count). The number of ether oxygens (including phenoxy) is 2. The van der Waals surface area contributed by atoms with E-state index in [4.69, 9.17) is 9.47 Å². The van der Waals surface area contributed by atoms with Crippen LogP contribution in [-0.2, 0) is 9.47 Å². The van der Waals surface area contributed by atoms with Crippen molar-refractivity contribution in [3.63, 3.8) is 0 Å². The highest BCUT2D eigenvalue weighted by atomic mass is 32.2. The molecule has 0 aromatic rings. The molecule has 0 radical (unpaired) electrons. The summed E-state index contributed by atoms with van der Waals surface area (Å²) in [6.07, 6.45) is 8.65. The van der Waals surface area contributed by atoms with Gasteiger partial charge >= 0.3 is 0 Å². The molecule has 0 amide bonds.